The number of nitrogens with zero attached hydrogens (tertiary/aromatic N) is 2. The minimum atomic E-state index is 0.190. The maximum Gasteiger partial charge on any atom is 0.172 e. The second-order valence-electron chi connectivity index (χ2n) is 5.01. The van der Waals surface area contributed by atoms with Gasteiger partial charge in [0.05, 0.1) is 4.88 Å². The third kappa shape index (κ3) is 2.62. The van der Waals surface area contributed by atoms with Crippen LogP contribution in [0.2, 0.25) is 0 Å². The van der Waals surface area contributed by atoms with Crippen LogP contribution >= 0.6 is 11.3 Å². The number of hydrogen-bond donors (Lipinski definition) is 0. The summed E-state index contributed by atoms with van der Waals surface area (Å²) in [6, 6.07) is 14.2. The van der Waals surface area contributed by atoms with E-state index in [1.54, 1.807) is 11.3 Å². The zero-order chi connectivity index (χ0) is 15.5. The first-order chi connectivity index (χ1) is 10.7. The predicted octanol–water partition coefficient (Wildman–Crippen LogP) is 5.05. The Kier molecular flexibility index (Phi) is 4.20. The highest BCUT2D eigenvalue weighted by Crippen LogP contribution is 2.35. The number of fused-ring (bicyclic) bond motifs is 1. The monoisotopic (exact) mass is 310 g/mol. The second-order valence-corrected chi connectivity index (χ2v) is 6.10. The molecule has 0 amide bonds. The Morgan fingerprint density at radius 3 is 2.64 bits per heavy atom. The van der Waals surface area contributed by atoms with Crippen molar-refractivity contribution in [1.29, 1.82) is 0 Å². The van der Waals surface area contributed by atoms with E-state index in [2.05, 4.69) is 28.9 Å². The van der Waals surface area contributed by atoms with Crippen LogP contribution in [0.15, 0.2) is 48.7 Å². The van der Waals surface area contributed by atoms with Gasteiger partial charge in [-0.25, -0.2) is 4.98 Å². The second kappa shape index (κ2) is 6.28. The topological polar surface area (TPSA) is 33.2 Å². The molecule has 3 rings (SSSR count). The van der Waals surface area contributed by atoms with Gasteiger partial charge < -0.3 is 4.90 Å². The lowest BCUT2D eigenvalue weighted by Crippen LogP contribution is -2.17. The number of anilines is 2. The summed E-state index contributed by atoms with van der Waals surface area (Å²) in [4.78, 5) is 19.5. The average Bonchev–Trinajstić information content (AvgIpc) is 3.01. The summed E-state index contributed by atoms with van der Waals surface area (Å²) in [7, 11) is 0. The van der Waals surface area contributed by atoms with Crippen molar-refractivity contribution in [3.63, 3.8) is 0 Å². The van der Waals surface area contributed by atoms with Gasteiger partial charge in [-0.2, -0.15) is 0 Å². The number of aromatic nitrogens is 1. The van der Waals surface area contributed by atoms with E-state index in [1.807, 2.05) is 43.5 Å². The Morgan fingerprint density at radius 1 is 1.18 bits per heavy atom. The van der Waals surface area contributed by atoms with Crippen LogP contribution in [0.3, 0.4) is 0 Å². The molecule has 112 valence electrons. The molecule has 3 aromatic rings. The number of rotatable bonds is 5. The molecule has 22 heavy (non-hydrogen) atoms. The van der Waals surface area contributed by atoms with Crippen molar-refractivity contribution >= 4 is 38.7 Å². The Hall–Kier alpha value is -2.20. The van der Waals surface area contributed by atoms with E-state index >= 15 is 0 Å². The van der Waals surface area contributed by atoms with Crippen LogP contribution in [0.1, 0.15) is 29.9 Å². The quantitative estimate of drug-likeness (QED) is 0.618. The highest BCUT2D eigenvalue weighted by molar-refractivity contribution is 7.20. The SMILES string of the molecule is CCC(=O)c1cc2c(N(CC)c3ccccc3)nccc2s1. The summed E-state index contributed by atoms with van der Waals surface area (Å²) < 4.78 is 1.11. The first-order valence-corrected chi connectivity index (χ1v) is 8.30. The van der Waals surface area contributed by atoms with Gasteiger partial charge in [0.15, 0.2) is 5.78 Å². The lowest BCUT2D eigenvalue weighted by molar-refractivity contribution is 0.0992. The number of para-hydroxylation sites is 1. The van der Waals surface area contributed by atoms with E-state index in [9.17, 15) is 4.79 Å². The number of Topliss-reactive ketones (excluding diaryl/α,β-unsaturated/α-hetero) is 1. The van der Waals surface area contributed by atoms with E-state index in [-0.39, 0.29) is 5.78 Å². The molecule has 2 aromatic heterocycles. The Bertz CT molecular complexity index is 795. The average molecular weight is 310 g/mol. The van der Waals surface area contributed by atoms with Gasteiger partial charge in [-0.15, -0.1) is 11.3 Å². The van der Waals surface area contributed by atoms with Crippen LogP contribution in [-0.2, 0) is 0 Å². The van der Waals surface area contributed by atoms with E-state index in [0.29, 0.717) is 6.42 Å². The van der Waals surface area contributed by atoms with Crippen molar-refractivity contribution in [2.24, 2.45) is 0 Å². The van der Waals surface area contributed by atoms with Gasteiger partial charge in [0.2, 0.25) is 0 Å². The van der Waals surface area contributed by atoms with Crippen molar-refractivity contribution in [1.82, 2.24) is 4.98 Å². The minimum absolute atomic E-state index is 0.190. The standard InChI is InChI=1S/C18H18N2OS/c1-3-15(21)17-12-14-16(22-17)10-11-19-18(14)20(4-2)13-8-6-5-7-9-13/h5-12H,3-4H2,1-2H3. The molecule has 0 aliphatic carbocycles. The largest absolute Gasteiger partial charge is 0.326 e. The van der Waals surface area contributed by atoms with Crippen molar-refractivity contribution in [3.05, 3.63) is 53.5 Å². The molecule has 0 fully saturated rings. The molecule has 4 heteroatoms. The molecule has 0 saturated heterocycles. The van der Waals surface area contributed by atoms with Crippen molar-refractivity contribution in [3.8, 4) is 0 Å². The third-order valence-corrected chi connectivity index (χ3v) is 4.80. The molecule has 0 N–H and O–H groups in total. The van der Waals surface area contributed by atoms with Gasteiger partial charge in [-0.05, 0) is 31.2 Å². The smallest absolute Gasteiger partial charge is 0.172 e. The summed E-state index contributed by atoms with van der Waals surface area (Å²) in [6.45, 7) is 4.83. The fraction of sp³-hybridized carbons (Fsp3) is 0.222. The number of hydrogen-bond acceptors (Lipinski definition) is 4. The first kappa shape index (κ1) is 14.7. The number of carbonyl (C=O) groups is 1. The first-order valence-electron chi connectivity index (χ1n) is 7.49. The molecule has 3 nitrogen and oxygen atoms in total. The number of ketones is 1. The number of pyridine rings is 1. The molecule has 0 aliphatic heterocycles. The van der Waals surface area contributed by atoms with Gasteiger partial charge in [0.1, 0.15) is 5.82 Å². The Balaban J connectivity index is 2.13. The molecule has 2 heterocycles. The van der Waals surface area contributed by atoms with Crippen LogP contribution in [0.25, 0.3) is 10.1 Å². The molecule has 0 saturated carbocycles. The molecule has 0 atom stereocenters. The minimum Gasteiger partial charge on any atom is -0.326 e. The van der Waals surface area contributed by atoms with E-state index < -0.39 is 0 Å². The normalized spacial score (nSPS) is 10.8. The predicted molar refractivity (Wildman–Crippen MR) is 93.4 cm³/mol. The summed E-state index contributed by atoms with van der Waals surface area (Å²) in [5, 5.41) is 1.05. The van der Waals surface area contributed by atoms with Crippen LogP contribution in [-0.4, -0.2) is 17.3 Å². The van der Waals surface area contributed by atoms with Crippen molar-refractivity contribution < 1.29 is 4.79 Å². The van der Waals surface area contributed by atoms with Crippen LogP contribution in [0, 0.1) is 0 Å². The molecule has 0 spiro atoms. The summed E-state index contributed by atoms with van der Waals surface area (Å²) in [5.74, 6) is 1.10. The third-order valence-electron chi connectivity index (χ3n) is 3.66. The Morgan fingerprint density at radius 2 is 1.95 bits per heavy atom. The molecular weight excluding hydrogens is 292 g/mol. The van der Waals surface area contributed by atoms with Crippen LogP contribution in [0.5, 0.6) is 0 Å². The fourth-order valence-corrected chi connectivity index (χ4v) is 3.60. The van der Waals surface area contributed by atoms with Gasteiger partial charge in [0.25, 0.3) is 0 Å². The highest BCUT2D eigenvalue weighted by atomic mass is 32.1. The molecule has 0 unspecified atom stereocenters. The lowest BCUT2D eigenvalue weighted by Gasteiger charge is -2.22. The molecule has 1 aromatic carbocycles. The van der Waals surface area contributed by atoms with E-state index in [4.69, 9.17) is 0 Å². The summed E-state index contributed by atoms with van der Waals surface area (Å²) in [6.07, 6.45) is 2.35. The lowest BCUT2D eigenvalue weighted by atomic mass is 10.2. The van der Waals surface area contributed by atoms with Gasteiger partial charge in [0, 0.05) is 34.9 Å². The maximum atomic E-state index is 12.0. The zero-order valence-electron chi connectivity index (χ0n) is 12.7. The van der Waals surface area contributed by atoms with Gasteiger partial charge >= 0.3 is 0 Å². The summed E-state index contributed by atoms with van der Waals surface area (Å²) in [5.41, 5.74) is 1.11. The molecular formula is C18H18N2OS. The van der Waals surface area contributed by atoms with Crippen LogP contribution in [0.4, 0.5) is 11.5 Å². The van der Waals surface area contributed by atoms with Crippen LogP contribution < -0.4 is 4.90 Å². The zero-order valence-corrected chi connectivity index (χ0v) is 13.6. The maximum absolute atomic E-state index is 12.0. The molecule has 0 radical (unpaired) electrons. The van der Waals surface area contributed by atoms with Gasteiger partial charge in [-0.3, -0.25) is 4.79 Å². The van der Waals surface area contributed by atoms with Crippen molar-refractivity contribution in [2.75, 3.05) is 11.4 Å². The Labute approximate surface area is 134 Å². The number of carbonyl (C=O) groups excluding carboxylic acids is 1. The van der Waals surface area contributed by atoms with E-state index in [1.165, 1.54) is 0 Å². The fourth-order valence-electron chi connectivity index (χ4n) is 2.54. The summed E-state index contributed by atoms with van der Waals surface area (Å²) >= 11 is 1.55. The molecule has 0 bridgehead atoms. The van der Waals surface area contributed by atoms with Gasteiger partial charge in [-0.1, -0.05) is 25.1 Å². The van der Waals surface area contributed by atoms with Crippen molar-refractivity contribution in [2.45, 2.75) is 20.3 Å². The number of benzene rings is 1. The molecule has 0 aliphatic rings. The van der Waals surface area contributed by atoms with E-state index in [0.717, 1.165) is 33.0 Å². The highest BCUT2D eigenvalue weighted by Gasteiger charge is 2.16. The number of thiophene rings is 1.